The summed E-state index contributed by atoms with van der Waals surface area (Å²) in [4.78, 5) is 18.5. The summed E-state index contributed by atoms with van der Waals surface area (Å²) in [6.07, 6.45) is 2.43. The largest absolute Gasteiger partial charge is 0.355 e. The third-order valence-electron chi connectivity index (χ3n) is 3.78. The first-order chi connectivity index (χ1) is 10.0. The molecule has 21 heavy (non-hydrogen) atoms. The smallest absolute Gasteiger partial charge is 0.230 e. The first-order valence-corrected chi connectivity index (χ1v) is 8.55. The van der Waals surface area contributed by atoms with Crippen LogP contribution in [0.4, 0.5) is 0 Å². The van der Waals surface area contributed by atoms with Gasteiger partial charge >= 0.3 is 0 Å². The third-order valence-corrected chi connectivity index (χ3v) is 4.62. The van der Waals surface area contributed by atoms with Crippen LogP contribution in [-0.2, 0) is 4.79 Å². The lowest BCUT2D eigenvalue weighted by molar-refractivity contribution is -0.118. The van der Waals surface area contributed by atoms with Crippen LogP contribution < -0.4 is 5.32 Å². The normalized spacial score (nSPS) is 19.9. The van der Waals surface area contributed by atoms with Crippen molar-refractivity contribution in [2.24, 2.45) is 5.92 Å². The van der Waals surface area contributed by atoms with Gasteiger partial charge < -0.3 is 10.2 Å². The highest BCUT2D eigenvalue weighted by molar-refractivity contribution is 7.99. The van der Waals surface area contributed by atoms with Gasteiger partial charge in [-0.05, 0) is 46.1 Å². The van der Waals surface area contributed by atoms with E-state index in [0.717, 1.165) is 18.9 Å². The maximum Gasteiger partial charge on any atom is 0.230 e. The van der Waals surface area contributed by atoms with Crippen LogP contribution in [0.3, 0.4) is 0 Å². The second-order valence-corrected chi connectivity index (χ2v) is 6.84. The molecule has 2 heterocycles. The zero-order valence-electron chi connectivity index (χ0n) is 13.1. The molecule has 118 valence electrons. The topological polar surface area (TPSA) is 73.9 Å². The lowest BCUT2D eigenvalue weighted by Crippen LogP contribution is -2.44. The molecule has 0 radical (unpaired) electrons. The number of amides is 1. The summed E-state index contributed by atoms with van der Waals surface area (Å²) in [6, 6.07) is 0.591. The molecule has 0 spiro atoms. The van der Waals surface area contributed by atoms with E-state index in [1.165, 1.54) is 31.1 Å². The molecule has 1 aromatic heterocycles. The highest BCUT2D eigenvalue weighted by Gasteiger charge is 2.21. The molecule has 0 bridgehead atoms. The minimum absolute atomic E-state index is 0.0594. The number of carbonyl (C=O) groups excluding carboxylic acids is 1. The molecule has 0 saturated carbocycles. The maximum atomic E-state index is 11.9. The van der Waals surface area contributed by atoms with E-state index in [9.17, 15) is 4.79 Å². The molecule has 1 unspecified atom stereocenters. The Balaban J connectivity index is 1.66. The van der Waals surface area contributed by atoms with Crippen LogP contribution in [0.1, 0.15) is 32.5 Å². The number of nitrogens with zero attached hydrogens (tertiary/aromatic N) is 3. The van der Waals surface area contributed by atoms with E-state index in [-0.39, 0.29) is 5.91 Å². The number of aromatic amines is 1. The summed E-state index contributed by atoms with van der Waals surface area (Å²) in [5.41, 5.74) is 0. The number of likely N-dealkylation sites (tertiary alicyclic amines) is 1. The average Bonchev–Trinajstić information content (AvgIpc) is 2.89. The second kappa shape index (κ2) is 7.79. The molecule has 1 atom stereocenters. The van der Waals surface area contributed by atoms with E-state index >= 15 is 0 Å². The van der Waals surface area contributed by atoms with Gasteiger partial charge in [0.25, 0.3) is 0 Å². The average molecular weight is 311 g/mol. The number of thioether (sulfide) groups is 1. The maximum absolute atomic E-state index is 11.9. The van der Waals surface area contributed by atoms with E-state index in [4.69, 9.17) is 0 Å². The van der Waals surface area contributed by atoms with Crippen molar-refractivity contribution in [2.45, 2.75) is 44.8 Å². The predicted molar refractivity (Wildman–Crippen MR) is 84.3 cm³/mol. The van der Waals surface area contributed by atoms with Crippen LogP contribution in [0.15, 0.2) is 5.16 Å². The molecule has 1 aliphatic heterocycles. The summed E-state index contributed by atoms with van der Waals surface area (Å²) in [5.74, 6) is 1.77. The van der Waals surface area contributed by atoms with Crippen molar-refractivity contribution in [2.75, 3.05) is 25.4 Å². The summed E-state index contributed by atoms with van der Waals surface area (Å²) in [7, 11) is 0. The van der Waals surface area contributed by atoms with Gasteiger partial charge in [0.1, 0.15) is 5.82 Å². The van der Waals surface area contributed by atoms with Crippen molar-refractivity contribution in [1.82, 2.24) is 25.4 Å². The molecule has 2 rings (SSSR count). The van der Waals surface area contributed by atoms with Gasteiger partial charge in [-0.1, -0.05) is 11.8 Å². The molecule has 1 aromatic rings. The van der Waals surface area contributed by atoms with E-state index in [1.54, 1.807) is 0 Å². The lowest BCUT2D eigenvalue weighted by Gasteiger charge is -2.35. The van der Waals surface area contributed by atoms with Crippen LogP contribution in [0.5, 0.6) is 0 Å². The SMILES string of the molecule is Cc1nc(SCC(=O)NCC2CCCN(C(C)C)C2)n[nH]1. The second-order valence-electron chi connectivity index (χ2n) is 5.89. The van der Waals surface area contributed by atoms with Crippen LogP contribution in [-0.4, -0.2) is 57.4 Å². The zero-order valence-corrected chi connectivity index (χ0v) is 13.9. The van der Waals surface area contributed by atoms with Crippen molar-refractivity contribution in [3.8, 4) is 0 Å². The number of piperidine rings is 1. The van der Waals surface area contributed by atoms with Gasteiger partial charge in [0.05, 0.1) is 5.75 Å². The van der Waals surface area contributed by atoms with Gasteiger partial charge in [-0.3, -0.25) is 9.89 Å². The molecule has 1 fully saturated rings. The van der Waals surface area contributed by atoms with E-state index in [0.29, 0.717) is 22.9 Å². The van der Waals surface area contributed by atoms with E-state index < -0.39 is 0 Å². The van der Waals surface area contributed by atoms with Crippen molar-refractivity contribution in [3.05, 3.63) is 5.82 Å². The quantitative estimate of drug-likeness (QED) is 0.778. The Kier molecular flexibility index (Phi) is 6.05. The van der Waals surface area contributed by atoms with Crippen molar-refractivity contribution in [3.63, 3.8) is 0 Å². The number of rotatable bonds is 6. The number of hydrogen-bond donors (Lipinski definition) is 2. The Bertz CT molecular complexity index is 462. The Morgan fingerprint density at radius 1 is 1.57 bits per heavy atom. The number of carbonyl (C=O) groups is 1. The van der Waals surface area contributed by atoms with Gasteiger partial charge in [0.2, 0.25) is 11.1 Å². The molecule has 7 heteroatoms. The Labute approximate surface area is 130 Å². The highest BCUT2D eigenvalue weighted by Crippen LogP contribution is 2.18. The van der Waals surface area contributed by atoms with Gasteiger partial charge in [-0.2, -0.15) is 0 Å². The van der Waals surface area contributed by atoms with Crippen molar-refractivity contribution >= 4 is 17.7 Å². The van der Waals surface area contributed by atoms with Crippen molar-refractivity contribution < 1.29 is 4.79 Å². The van der Waals surface area contributed by atoms with E-state index in [1.807, 2.05) is 6.92 Å². The molecule has 1 saturated heterocycles. The summed E-state index contributed by atoms with van der Waals surface area (Å²) < 4.78 is 0. The van der Waals surface area contributed by atoms with E-state index in [2.05, 4.69) is 39.2 Å². The van der Waals surface area contributed by atoms with Gasteiger partial charge in [-0.15, -0.1) is 5.10 Å². The molecule has 0 aromatic carbocycles. The fourth-order valence-electron chi connectivity index (χ4n) is 2.56. The van der Waals surface area contributed by atoms with Gasteiger partial charge in [0, 0.05) is 19.1 Å². The minimum atomic E-state index is 0.0594. The monoisotopic (exact) mass is 311 g/mol. The zero-order chi connectivity index (χ0) is 15.2. The Morgan fingerprint density at radius 2 is 2.38 bits per heavy atom. The van der Waals surface area contributed by atoms with Gasteiger partial charge in [-0.25, -0.2) is 4.98 Å². The van der Waals surface area contributed by atoms with Crippen LogP contribution >= 0.6 is 11.8 Å². The Hall–Kier alpha value is -1.08. The van der Waals surface area contributed by atoms with Crippen LogP contribution in [0, 0.1) is 12.8 Å². The summed E-state index contributed by atoms with van der Waals surface area (Å²) in [6.45, 7) is 9.36. The van der Waals surface area contributed by atoms with Crippen molar-refractivity contribution in [1.29, 1.82) is 0 Å². The first-order valence-electron chi connectivity index (χ1n) is 7.57. The van der Waals surface area contributed by atoms with Crippen LogP contribution in [0.25, 0.3) is 0 Å². The molecular weight excluding hydrogens is 286 g/mol. The molecule has 6 nitrogen and oxygen atoms in total. The number of aryl methyl sites for hydroxylation is 1. The fraction of sp³-hybridized carbons (Fsp3) is 0.786. The molecule has 1 amide bonds. The number of nitrogens with one attached hydrogen (secondary N) is 2. The number of hydrogen-bond acceptors (Lipinski definition) is 5. The highest BCUT2D eigenvalue weighted by atomic mass is 32.2. The molecule has 2 N–H and O–H groups in total. The molecule has 0 aliphatic carbocycles. The molecular formula is C14H25N5OS. The van der Waals surface area contributed by atoms with Crippen LogP contribution in [0.2, 0.25) is 0 Å². The van der Waals surface area contributed by atoms with Gasteiger partial charge in [0.15, 0.2) is 0 Å². The first kappa shape index (κ1) is 16.3. The summed E-state index contributed by atoms with van der Waals surface area (Å²) in [5, 5.41) is 10.4. The molecule has 1 aliphatic rings. The standard InChI is InChI=1S/C14H25N5OS/c1-10(2)19-6-4-5-12(8-19)7-15-13(20)9-21-14-16-11(3)17-18-14/h10,12H,4-9H2,1-3H3,(H,15,20)(H,16,17,18). The third kappa shape index (κ3) is 5.32. The predicted octanol–water partition coefficient (Wildman–Crippen LogP) is 1.44. The Morgan fingerprint density at radius 3 is 3.05 bits per heavy atom. The number of H-pyrrole nitrogens is 1. The fourth-order valence-corrected chi connectivity index (χ4v) is 3.23. The number of aromatic nitrogens is 3. The lowest BCUT2D eigenvalue weighted by atomic mass is 9.97. The summed E-state index contributed by atoms with van der Waals surface area (Å²) >= 11 is 1.37. The minimum Gasteiger partial charge on any atom is -0.355 e.